The number of guanidine groups is 1. The molecule has 8 nitrogen and oxygen atoms in total. The molecule has 0 radical (unpaired) electrons. The Morgan fingerprint density at radius 1 is 1.27 bits per heavy atom. The van der Waals surface area contributed by atoms with Crippen LogP contribution < -0.4 is 21.5 Å². The van der Waals surface area contributed by atoms with Gasteiger partial charge in [-0.25, -0.2) is 9.79 Å². The molecule has 1 aromatic carbocycles. The van der Waals surface area contributed by atoms with E-state index in [0.29, 0.717) is 51.7 Å². The van der Waals surface area contributed by atoms with Gasteiger partial charge in [-0.3, -0.25) is 4.79 Å². The molecule has 33 heavy (non-hydrogen) atoms. The standard InChI is InChI=1S/C24H23N5O3S/c1-3-6-16(28-24(25)26)21-19(20-17(29(21)2)10-11-27-22(20)30)14-7-4-8-15(13-14)32-23(31)18-9-5-12-33-18/h3-9,12-13H,1,10-11H2,2H3,(H,27,30)(H4,25,26,28)/b16-6-. The topological polar surface area (TPSA) is 125 Å². The van der Waals surface area contributed by atoms with E-state index < -0.39 is 5.97 Å². The number of allylic oxidation sites excluding steroid dienone is 2. The highest BCUT2D eigenvalue weighted by Gasteiger charge is 2.31. The molecule has 0 spiro atoms. The SMILES string of the molecule is C=C/C=C(\N=C(N)N)c1c(-c2cccc(OC(=O)c3cccs3)c2)c2c(n1C)CCNC2=O. The molecule has 0 atom stereocenters. The van der Waals surface area contributed by atoms with Gasteiger partial charge in [0, 0.05) is 31.3 Å². The van der Waals surface area contributed by atoms with E-state index in [4.69, 9.17) is 16.2 Å². The van der Waals surface area contributed by atoms with Gasteiger partial charge in [-0.1, -0.05) is 30.9 Å². The fourth-order valence-corrected chi connectivity index (χ4v) is 4.52. The zero-order valence-corrected chi connectivity index (χ0v) is 18.8. The van der Waals surface area contributed by atoms with Crippen LogP contribution in [0, 0.1) is 0 Å². The number of hydrogen-bond acceptors (Lipinski definition) is 5. The monoisotopic (exact) mass is 461 g/mol. The molecule has 0 bridgehead atoms. The van der Waals surface area contributed by atoms with Crippen molar-refractivity contribution in [2.24, 2.45) is 23.5 Å². The Balaban J connectivity index is 1.89. The number of aliphatic imine (C=N–C) groups is 1. The van der Waals surface area contributed by atoms with Crippen molar-refractivity contribution < 1.29 is 14.3 Å². The number of rotatable bonds is 6. The van der Waals surface area contributed by atoms with E-state index in [0.717, 1.165) is 5.69 Å². The minimum atomic E-state index is -0.442. The average Bonchev–Trinajstić information content (AvgIpc) is 3.41. The fourth-order valence-electron chi connectivity index (χ4n) is 3.92. The zero-order chi connectivity index (χ0) is 23.5. The number of nitrogens with one attached hydrogen (secondary N) is 1. The summed E-state index contributed by atoms with van der Waals surface area (Å²) in [5.74, 6) is -0.377. The van der Waals surface area contributed by atoms with Gasteiger partial charge in [0.25, 0.3) is 5.91 Å². The van der Waals surface area contributed by atoms with Gasteiger partial charge in [-0.15, -0.1) is 11.3 Å². The molecule has 3 aromatic rings. The summed E-state index contributed by atoms with van der Waals surface area (Å²) in [4.78, 5) is 30.2. The number of ether oxygens (including phenoxy) is 1. The smallest absolute Gasteiger partial charge is 0.353 e. The number of hydrogen-bond donors (Lipinski definition) is 3. The van der Waals surface area contributed by atoms with E-state index >= 15 is 0 Å². The molecule has 2 aromatic heterocycles. The Labute approximate surface area is 194 Å². The first-order valence-corrected chi connectivity index (χ1v) is 11.1. The van der Waals surface area contributed by atoms with Crippen molar-refractivity contribution in [3.8, 4) is 16.9 Å². The number of aromatic nitrogens is 1. The quantitative estimate of drug-likeness (QED) is 0.171. The van der Waals surface area contributed by atoms with Crippen LogP contribution in [0.4, 0.5) is 0 Å². The fraction of sp³-hybridized carbons (Fsp3) is 0.125. The lowest BCUT2D eigenvalue weighted by atomic mass is 9.96. The lowest BCUT2D eigenvalue weighted by Crippen LogP contribution is -2.32. The zero-order valence-electron chi connectivity index (χ0n) is 18.0. The molecule has 5 N–H and O–H groups in total. The molecule has 0 saturated carbocycles. The normalized spacial score (nSPS) is 13.1. The van der Waals surface area contributed by atoms with Gasteiger partial charge in [-0.2, -0.15) is 0 Å². The van der Waals surface area contributed by atoms with Crippen LogP contribution in [0.3, 0.4) is 0 Å². The number of fused-ring (bicyclic) bond motifs is 1. The Hall–Kier alpha value is -4.11. The van der Waals surface area contributed by atoms with Crippen LogP contribution in [-0.2, 0) is 13.5 Å². The molecule has 0 unspecified atom stereocenters. The summed E-state index contributed by atoms with van der Waals surface area (Å²) in [6.07, 6.45) is 3.92. The van der Waals surface area contributed by atoms with Crippen molar-refractivity contribution in [2.75, 3.05) is 6.54 Å². The van der Waals surface area contributed by atoms with Crippen molar-refractivity contribution in [1.82, 2.24) is 9.88 Å². The van der Waals surface area contributed by atoms with Crippen molar-refractivity contribution in [2.45, 2.75) is 6.42 Å². The second-order valence-corrected chi connectivity index (χ2v) is 8.28. The third-order valence-corrected chi connectivity index (χ3v) is 6.06. The van der Waals surface area contributed by atoms with Crippen LogP contribution in [0.2, 0.25) is 0 Å². The third-order valence-electron chi connectivity index (χ3n) is 5.21. The Kier molecular flexibility index (Phi) is 6.14. The van der Waals surface area contributed by atoms with Crippen molar-refractivity contribution in [3.05, 3.63) is 82.3 Å². The number of benzene rings is 1. The highest BCUT2D eigenvalue weighted by molar-refractivity contribution is 7.12. The number of esters is 1. The maximum absolute atomic E-state index is 12.9. The molecule has 1 aliphatic rings. The van der Waals surface area contributed by atoms with E-state index in [1.165, 1.54) is 11.3 Å². The summed E-state index contributed by atoms with van der Waals surface area (Å²) in [7, 11) is 1.87. The van der Waals surface area contributed by atoms with Gasteiger partial charge in [0.2, 0.25) is 0 Å². The Morgan fingerprint density at radius 2 is 2.09 bits per heavy atom. The minimum Gasteiger partial charge on any atom is -0.422 e. The number of nitrogens with zero attached hydrogens (tertiary/aromatic N) is 2. The van der Waals surface area contributed by atoms with Gasteiger partial charge < -0.3 is 26.1 Å². The van der Waals surface area contributed by atoms with Crippen molar-refractivity contribution >= 4 is 34.9 Å². The Morgan fingerprint density at radius 3 is 2.79 bits per heavy atom. The van der Waals surface area contributed by atoms with Crippen LogP contribution >= 0.6 is 11.3 Å². The molecule has 0 fully saturated rings. The van der Waals surface area contributed by atoms with Crippen molar-refractivity contribution in [1.29, 1.82) is 0 Å². The van der Waals surface area contributed by atoms with Crippen LogP contribution in [-0.4, -0.2) is 28.9 Å². The van der Waals surface area contributed by atoms with E-state index in [1.54, 1.807) is 42.5 Å². The molecule has 0 aliphatic carbocycles. The Bertz CT molecular complexity index is 1300. The van der Waals surface area contributed by atoms with E-state index in [2.05, 4.69) is 16.9 Å². The third kappa shape index (κ3) is 4.31. The molecular formula is C24H23N5O3S. The first kappa shape index (κ1) is 22.1. The predicted molar refractivity (Wildman–Crippen MR) is 130 cm³/mol. The van der Waals surface area contributed by atoms with Gasteiger partial charge >= 0.3 is 5.97 Å². The average molecular weight is 462 g/mol. The van der Waals surface area contributed by atoms with Crippen LogP contribution in [0.25, 0.3) is 16.8 Å². The van der Waals surface area contributed by atoms with Crippen LogP contribution in [0.1, 0.15) is 31.4 Å². The summed E-state index contributed by atoms with van der Waals surface area (Å²) in [6, 6.07) is 10.5. The summed E-state index contributed by atoms with van der Waals surface area (Å²) in [5.41, 5.74) is 15.2. The highest BCUT2D eigenvalue weighted by Crippen LogP contribution is 2.39. The van der Waals surface area contributed by atoms with Gasteiger partial charge in [-0.05, 0) is 35.2 Å². The molecule has 4 rings (SSSR count). The second-order valence-electron chi connectivity index (χ2n) is 7.33. The molecular weight excluding hydrogens is 438 g/mol. The summed E-state index contributed by atoms with van der Waals surface area (Å²) >= 11 is 1.30. The van der Waals surface area contributed by atoms with Crippen LogP contribution in [0.15, 0.2) is 65.5 Å². The first-order chi connectivity index (χ1) is 15.9. The number of nitrogens with two attached hydrogens (primary N) is 2. The number of thiophene rings is 1. The van der Waals surface area contributed by atoms with E-state index in [-0.39, 0.29) is 11.9 Å². The second kappa shape index (κ2) is 9.17. The van der Waals surface area contributed by atoms with Crippen molar-refractivity contribution in [3.63, 3.8) is 0 Å². The molecule has 9 heteroatoms. The lowest BCUT2D eigenvalue weighted by Gasteiger charge is -2.15. The van der Waals surface area contributed by atoms with Gasteiger partial charge in [0.05, 0.1) is 17.0 Å². The van der Waals surface area contributed by atoms with E-state index in [1.807, 2.05) is 23.1 Å². The molecule has 0 saturated heterocycles. The first-order valence-electron chi connectivity index (χ1n) is 10.2. The molecule has 1 amide bonds. The highest BCUT2D eigenvalue weighted by atomic mass is 32.1. The predicted octanol–water partition coefficient (Wildman–Crippen LogP) is 3.06. The van der Waals surface area contributed by atoms with Gasteiger partial charge in [0.1, 0.15) is 10.6 Å². The van der Waals surface area contributed by atoms with Crippen LogP contribution in [0.5, 0.6) is 5.75 Å². The number of carbonyl (C=O) groups excluding carboxylic acids is 2. The maximum Gasteiger partial charge on any atom is 0.353 e. The summed E-state index contributed by atoms with van der Waals surface area (Å²) < 4.78 is 7.50. The molecule has 1 aliphatic heterocycles. The lowest BCUT2D eigenvalue weighted by molar-refractivity contribution is 0.0739. The maximum atomic E-state index is 12.9. The molecule has 3 heterocycles. The summed E-state index contributed by atoms with van der Waals surface area (Å²) in [5, 5.41) is 4.72. The van der Waals surface area contributed by atoms with Gasteiger partial charge in [0.15, 0.2) is 5.96 Å². The molecule has 168 valence electrons. The summed E-state index contributed by atoms with van der Waals surface area (Å²) in [6.45, 7) is 4.29. The number of amides is 1. The largest absolute Gasteiger partial charge is 0.422 e. The minimum absolute atomic E-state index is 0.115. The van der Waals surface area contributed by atoms with E-state index in [9.17, 15) is 9.59 Å². The number of carbonyl (C=O) groups is 2.